The van der Waals surface area contributed by atoms with E-state index in [-0.39, 0.29) is 36.0 Å². The summed E-state index contributed by atoms with van der Waals surface area (Å²) in [6, 6.07) is 14.0. The van der Waals surface area contributed by atoms with Gasteiger partial charge in [0.25, 0.3) is 0 Å². The quantitative estimate of drug-likeness (QED) is 0.599. The molecule has 0 bridgehead atoms. The average Bonchev–Trinajstić information content (AvgIpc) is 2.74. The van der Waals surface area contributed by atoms with Gasteiger partial charge in [-0.25, -0.2) is 16.8 Å². The minimum absolute atomic E-state index is 0.142. The van der Waals surface area contributed by atoms with Crippen LogP contribution in [0, 0.1) is 5.92 Å². The number of hydrogen-bond donors (Lipinski definition) is 0. The molecule has 2 aromatic rings. The molecule has 6 nitrogen and oxygen atoms in total. The first-order valence-corrected chi connectivity index (χ1v) is 13.7. The molecule has 0 unspecified atom stereocenters. The Morgan fingerprint density at radius 2 is 1.10 bits per heavy atom. The lowest BCUT2D eigenvalue weighted by Gasteiger charge is -2.33. The fraction of sp³-hybridized carbons (Fsp3) is 0.478. The molecule has 0 amide bonds. The van der Waals surface area contributed by atoms with E-state index in [1.54, 1.807) is 24.3 Å². The zero-order chi connectivity index (χ0) is 22.6. The van der Waals surface area contributed by atoms with Crippen LogP contribution in [0.4, 0.5) is 0 Å². The van der Waals surface area contributed by atoms with Gasteiger partial charge in [-0.05, 0) is 54.2 Å². The normalized spacial score (nSPS) is 16.6. The SMILES string of the molecule is CCCc1ccc(S(=O)(=O)N2CCN(S(=O)(=O)c3ccc(CC(C)C)cc3)CC2)cc1. The first-order valence-electron chi connectivity index (χ1n) is 10.8. The number of sulfonamides is 2. The van der Waals surface area contributed by atoms with Crippen LogP contribution in [-0.4, -0.2) is 51.6 Å². The number of hydrogen-bond acceptors (Lipinski definition) is 4. The molecule has 0 aromatic heterocycles. The lowest BCUT2D eigenvalue weighted by atomic mass is 10.0. The molecule has 0 N–H and O–H groups in total. The van der Waals surface area contributed by atoms with Crippen molar-refractivity contribution in [3.05, 3.63) is 59.7 Å². The Kier molecular flexibility index (Phi) is 7.57. The number of nitrogens with zero attached hydrogens (tertiary/aromatic N) is 2. The highest BCUT2D eigenvalue weighted by molar-refractivity contribution is 7.89. The van der Waals surface area contributed by atoms with Crippen molar-refractivity contribution in [3.63, 3.8) is 0 Å². The molecule has 0 saturated carbocycles. The van der Waals surface area contributed by atoms with E-state index in [0.717, 1.165) is 30.4 Å². The Labute approximate surface area is 187 Å². The fourth-order valence-electron chi connectivity index (χ4n) is 3.83. The summed E-state index contributed by atoms with van der Waals surface area (Å²) in [5.74, 6) is 0.500. The molecule has 0 spiro atoms. The summed E-state index contributed by atoms with van der Waals surface area (Å²) in [6.45, 7) is 6.90. The van der Waals surface area contributed by atoms with Crippen molar-refractivity contribution in [2.45, 2.75) is 49.8 Å². The summed E-state index contributed by atoms with van der Waals surface area (Å²) in [4.78, 5) is 0.507. The summed E-state index contributed by atoms with van der Waals surface area (Å²) < 4.78 is 54.7. The van der Waals surface area contributed by atoms with Gasteiger partial charge in [-0.2, -0.15) is 8.61 Å². The Bertz CT molecular complexity index is 1070. The van der Waals surface area contributed by atoms with Crippen LogP contribution in [0.1, 0.15) is 38.3 Å². The molecular formula is C23H32N2O4S2. The van der Waals surface area contributed by atoms with E-state index in [4.69, 9.17) is 0 Å². The van der Waals surface area contributed by atoms with Crippen LogP contribution in [0.25, 0.3) is 0 Å². The second kappa shape index (κ2) is 9.81. The first-order chi connectivity index (χ1) is 14.6. The van der Waals surface area contributed by atoms with Gasteiger partial charge in [0, 0.05) is 26.2 Å². The van der Waals surface area contributed by atoms with Gasteiger partial charge in [0.15, 0.2) is 0 Å². The zero-order valence-electron chi connectivity index (χ0n) is 18.5. The summed E-state index contributed by atoms with van der Waals surface area (Å²) in [5, 5.41) is 0. The van der Waals surface area contributed by atoms with Gasteiger partial charge in [0.05, 0.1) is 9.79 Å². The lowest BCUT2D eigenvalue weighted by Crippen LogP contribution is -2.50. The monoisotopic (exact) mass is 464 g/mol. The highest BCUT2D eigenvalue weighted by Gasteiger charge is 2.33. The Morgan fingerprint density at radius 1 is 0.710 bits per heavy atom. The molecule has 31 heavy (non-hydrogen) atoms. The molecule has 2 aromatic carbocycles. The molecule has 1 aliphatic heterocycles. The van der Waals surface area contributed by atoms with Gasteiger partial charge in [0.2, 0.25) is 20.0 Å². The van der Waals surface area contributed by atoms with Gasteiger partial charge < -0.3 is 0 Å². The molecule has 3 rings (SSSR count). The molecule has 1 heterocycles. The van der Waals surface area contributed by atoms with E-state index in [9.17, 15) is 16.8 Å². The predicted octanol–water partition coefficient (Wildman–Crippen LogP) is 3.53. The maximum atomic E-state index is 13.0. The third kappa shape index (κ3) is 5.55. The van der Waals surface area contributed by atoms with Gasteiger partial charge in [-0.1, -0.05) is 51.5 Å². The van der Waals surface area contributed by atoms with Crippen molar-refractivity contribution in [1.82, 2.24) is 8.61 Å². The topological polar surface area (TPSA) is 74.8 Å². The van der Waals surface area contributed by atoms with Gasteiger partial charge >= 0.3 is 0 Å². The molecule has 1 saturated heterocycles. The molecular weight excluding hydrogens is 432 g/mol. The average molecular weight is 465 g/mol. The fourth-order valence-corrected chi connectivity index (χ4v) is 6.68. The Balaban J connectivity index is 1.67. The van der Waals surface area contributed by atoms with Crippen LogP contribution in [0.2, 0.25) is 0 Å². The molecule has 0 radical (unpaired) electrons. The maximum Gasteiger partial charge on any atom is 0.243 e. The van der Waals surface area contributed by atoms with E-state index in [0.29, 0.717) is 5.92 Å². The van der Waals surface area contributed by atoms with Crippen LogP contribution in [0.15, 0.2) is 58.3 Å². The minimum atomic E-state index is -3.64. The van der Waals surface area contributed by atoms with Crippen molar-refractivity contribution >= 4 is 20.0 Å². The summed E-state index contributed by atoms with van der Waals surface area (Å²) in [5.41, 5.74) is 2.21. The van der Waals surface area contributed by atoms with E-state index in [1.165, 1.54) is 8.61 Å². The van der Waals surface area contributed by atoms with Crippen LogP contribution in [0.3, 0.4) is 0 Å². The predicted molar refractivity (Wildman–Crippen MR) is 123 cm³/mol. The summed E-state index contributed by atoms with van der Waals surface area (Å²) in [6.07, 6.45) is 2.81. The smallest absolute Gasteiger partial charge is 0.207 e. The molecule has 8 heteroatoms. The summed E-state index contributed by atoms with van der Waals surface area (Å²) in [7, 11) is -7.27. The van der Waals surface area contributed by atoms with Crippen LogP contribution >= 0.6 is 0 Å². The van der Waals surface area contributed by atoms with Crippen LogP contribution in [0.5, 0.6) is 0 Å². The zero-order valence-corrected chi connectivity index (χ0v) is 20.1. The highest BCUT2D eigenvalue weighted by atomic mass is 32.2. The van der Waals surface area contributed by atoms with Crippen molar-refractivity contribution in [3.8, 4) is 0 Å². The largest absolute Gasteiger partial charge is 0.243 e. The van der Waals surface area contributed by atoms with E-state index in [2.05, 4.69) is 20.8 Å². The standard InChI is InChI=1S/C23H32N2O4S2/c1-4-5-20-6-10-22(11-7-20)30(26,27)24-14-16-25(17-15-24)31(28,29)23-12-8-21(9-13-23)18-19(2)3/h6-13,19H,4-5,14-18H2,1-3H3. The van der Waals surface area contributed by atoms with Crippen molar-refractivity contribution in [1.29, 1.82) is 0 Å². The number of piperazine rings is 1. The Hall–Kier alpha value is -1.74. The maximum absolute atomic E-state index is 13.0. The first kappa shape index (κ1) is 23.9. The van der Waals surface area contributed by atoms with E-state index < -0.39 is 20.0 Å². The molecule has 1 aliphatic rings. The Morgan fingerprint density at radius 3 is 1.45 bits per heavy atom. The van der Waals surface area contributed by atoms with Crippen molar-refractivity contribution < 1.29 is 16.8 Å². The van der Waals surface area contributed by atoms with Crippen LogP contribution < -0.4 is 0 Å². The van der Waals surface area contributed by atoms with Gasteiger partial charge in [-0.3, -0.25) is 0 Å². The molecule has 0 aliphatic carbocycles. The van der Waals surface area contributed by atoms with E-state index in [1.807, 2.05) is 24.3 Å². The van der Waals surface area contributed by atoms with Gasteiger partial charge in [0.1, 0.15) is 0 Å². The molecule has 1 fully saturated rings. The second-order valence-electron chi connectivity index (χ2n) is 8.44. The molecule has 0 atom stereocenters. The number of rotatable bonds is 8. The highest BCUT2D eigenvalue weighted by Crippen LogP contribution is 2.23. The minimum Gasteiger partial charge on any atom is -0.207 e. The van der Waals surface area contributed by atoms with Crippen LogP contribution in [-0.2, 0) is 32.9 Å². The van der Waals surface area contributed by atoms with Gasteiger partial charge in [-0.15, -0.1) is 0 Å². The van der Waals surface area contributed by atoms with E-state index >= 15 is 0 Å². The third-order valence-corrected chi connectivity index (χ3v) is 9.33. The summed E-state index contributed by atoms with van der Waals surface area (Å²) >= 11 is 0. The third-order valence-electron chi connectivity index (χ3n) is 5.50. The molecule has 170 valence electrons. The van der Waals surface area contributed by atoms with Crippen molar-refractivity contribution in [2.24, 2.45) is 5.92 Å². The second-order valence-corrected chi connectivity index (χ2v) is 12.3. The number of benzene rings is 2. The van der Waals surface area contributed by atoms with Crippen molar-refractivity contribution in [2.75, 3.05) is 26.2 Å². The lowest BCUT2D eigenvalue weighted by molar-refractivity contribution is 0.273. The number of aryl methyl sites for hydroxylation is 1.